The Morgan fingerprint density at radius 3 is 2.51 bits per heavy atom. The lowest BCUT2D eigenvalue weighted by molar-refractivity contribution is -0.133. The minimum Gasteiger partial charge on any atom is -0.457 e. The van der Waals surface area contributed by atoms with Crippen molar-refractivity contribution < 1.29 is 22.7 Å². The molecule has 0 unspecified atom stereocenters. The van der Waals surface area contributed by atoms with Crippen LogP contribution >= 0.6 is 11.3 Å². The molecular weight excluding hydrogens is 536 g/mol. The number of benzene rings is 2. The zero-order valence-corrected chi connectivity index (χ0v) is 23.0. The van der Waals surface area contributed by atoms with Crippen molar-refractivity contribution in [2.24, 2.45) is 0 Å². The molecule has 39 heavy (non-hydrogen) atoms. The lowest BCUT2D eigenvalue weighted by Crippen LogP contribution is -2.42. The maximum Gasteiger partial charge on any atom is 0.257 e. The second-order valence-electron chi connectivity index (χ2n) is 9.27. The molecule has 1 fully saturated rings. The summed E-state index contributed by atoms with van der Waals surface area (Å²) in [5.41, 5.74) is 3.25. The zero-order chi connectivity index (χ0) is 27.6. The Hall–Kier alpha value is -4.09. The number of nitrogens with one attached hydrogen (secondary N) is 1. The Balaban J connectivity index is 1.40. The van der Waals surface area contributed by atoms with Crippen LogP contribution in [-0.4, -0.2) is 54.4 Å². The predicted molar refractivity (Wildman–Crippen MR) is 149 cm³/mol. The van der Waals surface area contributed by atoms with Gasteiger partial charge in [-0.2, -0.15) is 0 Å². The first-order valence-electron chi connectivity index (χ1n) is 12.2. The van der Waals surface area contributed by atoms with Gasteiger partial charge < -0.3 is 9.64 Å². The molecule has 1 N–H and O–H groups in total. The lowest BCUT2D eigenvalue weighted by Gasteiger charge is -2.30. The van der Waals surface area contributed by atoms with E-state index >= 15 is 0 Å². The van der Waals surface area contributed by atoms with Crippen LogP contribution in [0.3, 0.4) is 0 Å². The molecule has 0 radical (unpaired) electrons. The van der Waals surface area contributed by atoms with Crippen molar-refractivity contribution in [1.82, 2.24) is 14.9 Å². The molecule has 1 aliphatic heterocycles. The SMILES string of the molecule is Cc1cccnc1-c1cc(Oc2ccc(S(C)(=O)=O)cc2)cc(C(=O)Nc2nc(CC(=O)N3CCC3)cs2)c1. The van der Waals surface area contributed by atoms with Gasteiger partial charge in [-0.15, -0.1) is 11.3 Å². The Kier molecular flexibility index (Phi) is 7.45. The fourth-order valence-electron chi connectivity index (χ4n) is 4.05. The van der Waals surface area contributed by atoms with Gasteiger partial charge in [-0.3, -0.25) is 19.9 Å². The molecule has 4 aromatic rings. The van der Waals surface area contributed by atoms with Crippen LogP contribution in [-0.2, 0) is 21.1 Å². The number of hydrogen-bond acceptors (Lipinski definition) is 8. The first-order chi connectivity index (χ1) is 18.7. The van der Waals surface area contributed by atoms with Crippen LogP contribution in [0.1, 0.15) is 28.0 Å². The second-order valence-corrected chi connectivity index (χ2v) is 12.1. The minimum atomic E-state index is -3.34. The highest BCUT2D eigenvalue weighted by Crippen LogP contribution is 2.31. The Morgan fingerprint density at radius 1 is 1.08 bits per heavy atom. The van der Waals surface area contributed by atoms with E-state index in [2.05, 4.69) is 15.3 Å². The molecule has 0 aliphatic carbocycles. The van der Waals surface area contributed by atoms with Crippen molar-refractivity contribution in [1.29, 1.82) is 0 Å². The monoisotopic (exact) mass is 562 g/mol. The number of anilines is 1. The van der Waals surface area contributed by atoms with Gasteiger partial charge in [-0.05, 0) is 67.4 Å². The van der Waals surface area contributed by atoms with Crippen LogP contribution in [0.5, 0.6) is 11.5 Å². The van der Waals surface area contributed by atoms with Crippen LogP contribution in [0.25, 0.3) is 11.3 Å². The predicted octanol–water partition coefficient (Wildman–Crippen LogP) is 4.74. The van der Waals surface area contributed by atoms with Crippen LogP contribution < -0.4 is 10.1 Å². The Labute approximate surface area is 230 Å². The summed E-state index contributed by atoms with van der Waals surface area (Å²) in [4.78, 5) is 36.4. The van der Waals surface area contributed by atoms with E-state index in [1.54, 1.807) is 46.8 Å². The molecule has 0 saturated carbocycles. The highest BCUT2D eigenvalue weighted by Gasteiger charge is 2.21. The van der Waals surface area contributed by atoms with Crippen molar-refractivity contribution in [3.05, 3.63) is 83.0 Å². The quantitative estimate of drug-likeness (QED) is 0.330. The molecule has 2 aromatic heterocycles. The van der Waals surface area contributed by atoms with Gasteiger partial charge in [0.15, 0.2) is 15.0 Å². The number of sulfone groups is 1. The molecule has 2 amide bonds. The van der Waals surface area contributed by atoms with E-state index in [0.29, 0.717) is 39.1 Å². The third-order valence-corrected chi connectivity index (χ3v) is 8.19. The lowest BCUT2D eigenvalue weighted by atomic mass is 10.0. The molecule has 200 valence electrons. The summed E-state index contributed by atoms with van der Waals surface area (Å²) < 4.78 is 29.6. The number of carbonyl (C=O) groups is 2. The van der Waals surface area contributed by atoms with Crippen molar-refractivity contribution >= 4 is 38.1 Å². The first-order valence-corrected chi connectivity index (χ1v) is 15.0. The van der Waals surface area contributed by atoms with E-state index < -0.39 is 15.7 Å². The van der Waals surface area contributed by atoms with Crippen LogP contribution in [0.2, 0.25) is 0 Å². The average molecular weight is 563 g/mol. The number of carbonyl (C=O) groups excluding carboxylic acids is 2. The summed E-state index contributed by atoms with van der Waals surface area (Å²) in [5.74, 6) is 0.446. The maximum absolute atomic E-state index is 13.3. The van der Waals surface area contributed by atoms with Crippen LogP contribution in [0.15, 0.2) is 71.1 Å². The summed E-state index contributed by atoms with van der Waals surface area (Å²) in [5, 5.41) is 4.99. The molecule has 0 atom stereocenters. The van der Waals surface area contributed by atoms with E-state index in [-0.39, 0.29) is 17.2 Å². The molecule has 2 aromatic carbocycles. The molecule has 3 heterocycles. The fourth-order valence-corrected chi connectivity index (χ4v) is 5.39. The van der Waals surface area contributed by atoms with Crippen molar-refractivity contribution in [2.75, 3.05) is 24.7 Å². The van der Waals surface area contributed by atoms with Gasteiger partial charge in [0.2, 0.25) is 5.91 Å². The number of rotatable bonds is 8. The van der Waals surface area contributed by atoms with Gasteiger partial charge in [0.25, 0.3) is 5.91 Å². The first kappa shape index (κ1) is 26.5. The highest BCUT2D eigenvalue weighted by atomic mass is 32.2. The summed E-state index contributed by atoms with van der Waals surface area (Å²) in [6, 6.07) is 14.9. The molecular formula is C28H26N4O5S2. The molecule has 11 heteroatoms. The molecule has 1 saturated heterocycles. The van der Waals surface area contributed by atoms with Crippen molar-refractivity contribution in [3.63, 3.8) is 0 Å². The smallest absolute Gasteiger partial charge is 0.257 e. The van der Waals surface area contributed by atoms with Gasteiger partial charge in [-0.25, -0.2) is 13.4 Å². The van der Waals surface area contributed by atoms with Gasteiger partial charge >= 0.3 is 0 Å². The average Bonchev–Trinajstić information content (AvgIpc) is 3.29. The number of aromatic nitrogens is 2. The van der Waals surface area contributed by atoms with Crippen molar-refractivity contribution in [3.8, 4) is 22.8 Å². The number of nitrogens with zero attached hydrogens (tertiary/aromatic N) is 3. The molecule has 5 rings (SSSR count). The third-order valence-electron chi connectivity index (χ3n) is 6.25. The van der Waals surface area contributed by atoms with E-state index in [1.807, 2.05) is 19.1 Å². The van der Waals surface area contributed by atoms with Gasteiger partial charge in [0, 0.05) is 42.0 Å². The van der Waals surface area contributed by atoms with E-state index in [4.69, 9.17) is 4.74 Å². The molecule has 0 spiro atoms. The number of thiazole rings is 1. The number of hydrogen-bond donors (Lipinski definition) is 1. The third kappa shape index (κ3) is 6.32. The molecule has 1 aliphatic rings. The van der Waals surface area contributed by atoms with E-state index in [0.717, 1.165) is 31.3 Å². The van der Waals surface area contributed by atoms with Crippen LogP contribution in [0.4, 0.5) is 5.13 Å². The summed E-state index contributed by atoms with van der Waals surface area (Å²) >= 11 is 1.26. The van der Waals surface area contributed by atoms with E-state index in [1.165, 1.54) is 23.5 Å². The van der Waals surface area contributed by atoms with Gasteiger partial charge in [0.1, 0.15) is 11.5 Å². The zero-order valence-electron chi connectivity index (χ0n) is 21.4. The van der Waals surface area contributed by atoms with Crippen molar-refractivity contribution in [2.45, 2.75) is 24.7 Å². The normalized spacial score (nSPS) is 13.0. The minimum absolute atomic E-state index is 0.0363. The number of aryl methyl sites for hydroxylation is 1. The number of pyridine rings is 1. The fraction of sp³-hybridized carbons (Fsp3) is 0.214. The highest BCUT2D eigenvalue weighted by molar-refractivity contribution is 7.90. The Morgan fingerprint density at radius 2 is 1.85 bits per heavy atom. The van der Waals surface area contributed by atoms with Gasteiger partial charge in [0.05, 0.1) is 22.7 Å². The number of likely N-dealkylation sites (tertiary alicyclic amines) is 1. The molecule has 0 bridgehead atoms. The Bertz CT molecular complexity index is 1640. The number of amides is 2. The van der Waals surface area contributed by atoms with E-state index in [9.17, 15) is 18.0 Å². The largest absolute Gasteiger partial charge is 0.457 e. The number of ether oxygens (including phenoxy) is 1. The summed E-state index contributed by atoms with van der Waals surface area (Å²) in [6.07, 6.45) is 4.05. The topological polar surface area (TPSA) is 119 Å². The standard InChI is InChI=1S/C28H26N4O5S2/c1-18-5-3-10-29-26(18)19-13-20(15-23(14-19)37-22-6-8-24(9-7-22)39(2,35)36)27(34)31-28-30-21(17-38-28)16-25(33)32-11-4-12-32/h3,5-10,13-15,17H,4,11-12,16H2,1-2H3,(H,30,31,34). The second kappa shape index (κ2) is 11.0. The summed E-state index contributed by atoms with van der Waals surface area (Å²) in [7, 11) is -3.34. The van der Waals surface area contributed by atoms with Gasteiger partial charge in [-0.1, -0.05) is 6.07 Å². The molecule has 9 nitrogen and oxygen atoms in total. The van der Waals surface area contributed by atoms with Crippen LogP contribution in [0, 0.1) is 6.92 Å². The summed E-state index contributed by atoms with van der Waals surface area (Å²) in [6.45, 7) is 3.49. The maximum atomic E-state index is 13.3.